The summed E-state index contributed by atoms with van der Waals surface area (Å²) in [7, 11) is 0. The van der Waals surface area contributed by atoms with E-state index < -0.39 is 0 Å². The fourth-order valence-corrected chi connectivity index (χ4v) is 0.602. The first-order valence-electron chi connectivity index (χ1n) is 2.77. The molecule has 1 radical (unpaired) electrons. The summed E-state index contributed by atoms with van der Waals surface area (Å²) in [5.41, 5.74) is 1.07. The van der Waals surface area contributed by atoms with E-state index in [0.29, 0.717) is 11.4 Å². The zero-order chi connectivity index (χ0) is 7.52. The summed E-state index contributed by atoms with van der Waals surface area (Å²) in [6.07, 6.45) is 4.01. The minimum Gasteiger partial charge on any atom is -0.255 e. The van der Waals surface area contributed by atoms with Crippen molar-refractivity contribution in [3.8, 4) is 11.4 Å². The molecule has 0 fully saturated rings. The van der Waals surface area contributed by atoms with E-state index in [2.05, 4.69) is 42.2 Å². The second-order valence-electron chi connectivity index (χ2n) is 1.71. The third kappa shape index (κ3) is 1.02. The molecular formula is C4H2N7. The van der Waals surface area contributed by atoms with Crippen molar-refractivity contribution < 1.29 is 0 Å². The van der Waals surface area contributed by atoms with Gasteiger partial charge in [-0.2, -0.15) is 0 Å². The maximum atomic E-state index is 3.66. The molecule has 2 heterocycles. The zero-order valence-corrected chi connectivity index (χ0v) is 5.26. The lowest BCUT2D eigenvalue weighted by Crippen LogP contribution is -1.92. The van der Waals surface area contributed by atoms with Gasteiger partial charge in [-0.15, -0.1) is 15.3 Å². The van der Waals surface area contributed by atoms with Gasteiger partial charge < -0.3 is 0 Å². The van der Waals surface area contributed by atoms with E-state index in [1.54, 1.807) is 0 Å². The Balaban J connectivity index is 2.46. The molecule has 0 saturated heterocycles. The average molecular weight is 148 g/mol. The van der Waals surface area contributed by atoms with Gasteiger partial charge in [0.25, 0.3) is 0 Å². The van der Waals surface area contributed by atoms with Crippen molar-refractivity contribution in [2.24, 2.45) is 0 Å². The molecule has 0 amide bonds. The molecule has 0 atom stereocenters. The van der Waals surface area contributed by atoms with Crippen LogP contribution in [0.2, 0.25) is 0 Å². The molecule has 0 saturated carbocycles. The summed E-state index contributed by atoms with van der Waals surface area (Å²) < 4.78 is 0. The lowest BCUT2D eigenvalue weighted by Gasteiger charge is -1.87. The zero-order valence-electron chi connectivity index (χ0n) is 5.26. The highest BCUT2D eigenvalue weighted by Gasteiger charge is 2.00. The topological polar surface area (TPSA) is 93.1 Å². The van der Waals surface area contributed by atoms with Crippen LogP contribution >= 0.6 is 0 Å². The fourth-order valence-electron chi connectivity index (χ4n) is 0.602. The van der Waals surface area contributed by atoms with Gasteiger partial charge in [0.2, 0.25) is 0 Å². The monoisotopic (exact) mass is 148 g/mol. The first-order valence-corrected chi connectivity index (χ1v) is 2.77. The van der Waals surface area contributed by atoms with Gasteiger partial charge in [0.1, 0.15) is 17.6 Å². The molecule has 0 spiro atoms. The van der Waals surface area contributed by atoms with E-state index in [9.17, 15) is 0 Å². The maximum Gasteiger partial charge on any atom is 0.145 e. The molecule has 2 aromatic heterocycles. The molecule has 0 unspecified atom stereocenters. The third-order valence-corrected chi connectivity index (χ3v) is 1.05. The molecular weight excluding hydrogens is 146 g/mol. The van der Waals surface area contributed by atoms with E-state index in [1.165, 1.54) is 6.20 Å². The van der Waals surface area contributed by atoms with Crippen LogP contribution < -0.4 is 0 Å². The van der Waals surface area contributed by atoms with Crippen molar-refractivity contribution in [1.82, 2.24) is 36.0 Å². The van der Waals surface area contributed by atoms with E-state index in [1.807, 2.05) is 0 Å². The van der Waals surface area contributed by atoms with Gasteiger partial charge >= 0.3 is 0 Å². The van der Waals surface area contributed by atoms with Gasteiger partial charge in [-0.25, -0.2) is 0 Å². The lowest BCUT2D eigenvalue weighted by molar-refractivity contribution is 0.764. The second-order valence-corrected chi connectivity index (χ2v) is 1.71. The Bertz CT molecular complexity index is 313. The molecule has 0 aliphatic carbocycles. The lowest BCUT2D eigenvalue weighted by atomic mass is 10.4. The summed E-state index contributed by atoms with van der Waals surface area (Å²) >= 11 is 0. The Labute approximate surface area is 60.9 Å². The van der Waals surface area contributed by atoms with E-state index in [-0.39, 0.29) is 0 Å². The van der Waals surface area contributed by atoms with Crippen molar-refractivity contribution in [2.75, 3.05) is 0 Å². The number of nitrogens with zero attached hydrogens (tertiary/aromatic N) is 6. The molecule has 2 aromatic rings. The highest BCUT2D eigenvalue weighted by Crippen LogP contribution is 2.05. The molecule has 53 valence electrons. The molecule has 2 rings (SSSR count). The Morgan fingerprint density at radius 3 is 3.00 bits per heavy atom. The first kappa shape index (κ1) is 5.83. The molecule has 11 heavy (non-hydrogen) atoms. The Morgan fingerprint density at radius 2 is 2.36 bits per heavy atom. The Hall–Kier alpha value is -1.92. The Kier molecular flexibility index (Phi) is 1.26. The molecule has 0 bridgehead atoms. The van der Waals surface area contributed by atoms with Gasteiger partial charge in [-0.3, -0.25) is 5.10 Å². The van der Waals surface area contributed by atoms with Crippen LogP contribution in [0.3, 0.4) is 0 Å². The van der Waals surface area contributed by atoms with Gasteiger partial charge in [0.05, 0.1) is 6.20 Å². The standard InChI is InChI=1S/C4H2N7/c1-3(7-9-5-1)4-2-6-10-11-8-4/h2H,(H,5,7,9). The third-order valence-electron chi connectivity index (χ3n) is 1.05. The van der Waals surface area contributed by atoms with Crippen molar-refractivity contribution in [2.45, 2.75) is 0 Å². The minimum atomic E-state index is 0.519. The minimum absolute atomic E-state index is 0.519. The highest BCUT2D eigenvalue weighted by atomic mass is 15.4. The molecule has 7 heteroatoms. The number of hydrogen-bond acceptors (Lipinski definition) is 6. The van der Waals surface area contributed by atoms with E-state index in [4.69, 9.17) is 0 Å². The quantitative estimate of drug-likeness (QED) is 0.549. The number of H-pyrrole nitrogens is 1. The van der Waals surface area contributed by atoms with Crippen LogP contribution in [0.1, 0.15) is 0 Å². The van der Waals surface area contributed by atoms with Gasteiger partial charge in [0, 0.05) is 0 Å². The Morgan fingerprint density at radius 1 is 1.36 bits per heavy atom. The van der Waals surface area contributed by atoms with Crippen LogP contribution in [0.25, 0.3) is 11.4 Å². The molecule has 0 aliphatic rings. The van der Waals surface area contributed by atoms with Gasteiger partial charge in [0.15, 0.2) is 0 Å². The van der Waals surface area contributed by atoms with E-state index in [0.717, 1.165) is 0 Å². The molecule has 0 aliphatic heterocycles. The summed E-state index contributed by atoms with van der Waals surface area (Å²) in [6, 6.07) is 0. The van der Waals surface area contributed by atoms with Crippen LogP contribution in [-0.4, -0.2) is 36.0 Å². The van der Waals surface area contributed by atoms with Crippen molar-refractivity contribution in [1.29, 1.82) is 0 Å². The number of aromatic nitrogens is 7. The number of hydrogen-bond donors (Lipinski definition) is 1. The van der Waals surface area contributed by atoms with Gasteiger partial charge in [-0.05, 0) is 10.4 Å². The van der Waals surface area contributed by atoms with Crippen LogP contribution in [0, 0.1) is 6.20 Å². The predicted molar refractivity (Wildman–Crippen MR) is 31.8 cm³/mol. The normalized spacial score (nSPS) is 9.82. The SMILES string of the molecule is [c]1nn[nH]c1-c1cnnnn1. The summed E-state index contributed by atoms with van der Waals surface area (Å²) in [5.74, 6) is 0. The van der Waals surface area contributed by atoms with Crippen LogP contribution in [0.5, 0.6) is 0 Å². The fraction of sp³-hybridized carbons (Fsp3) is 0. The predicted octanol–water partition coefficient (Wildman–Crippen LogP) is -1.15. The number of nitrogens with one attached hydrogen (secondary N) is 1. The van der Waals surface area contributed by atoms with Crippen LogP contribution in [0.4, 0.5) is 0 Å². The summed E-state index contributed by atoms with van der Waals surface area (Å²) in [4.78, 5) is 0. The first-order chi connectivity index (χ1) is 5.47. The second kappa shape index (κ2) is 2.37. The van der Waals surface area contributed by atoms with Crippen LogP contribution in [0.15, 0.2) is 6.20 Å². The molecule has 1 N–H and O–H groups in total. The van der Waals surface area contributed by atoms with Crippen molar-refractivity contribution in [3.05, 3.63) is 12.4 Å². The smallest absolute Gasteiger partial charge is 0.145 e. The van der Waals surface area contributed by atoms with Crippen molar-refractivity contribution >= 4 is 0 Å². The molecule has 0 aromatic carbocycles. The van der Waals surface area contributed by atoms with E-state index >= 15 is 0 Å². The van der Waals surface area contributed by atoms with Crippen molar-refractivity contribution in [3.63, 3.8) is 0 Å². The highest BCUT2D eigenvalue weighted by molar-refractivity contribution is 5.47. The van der Waals surface area contributed by atoms with Crippen LogP contribution in [-0.2, 0) is 0 Å². The maximum absolute atomic E-state index is 3.66. The largest absolute Gasteiger partial charge is 0.255 e. The summed E-state index contributed by atoms with van der Waals surface area (Å²) in [5, 5.41) is 23.3. The molecule has 7 nitrogen and oxygen atoms in total. The van der Waals surface area contributed by atoms with Gasteiger partial charge in [-0.1, -0.05) is 5.21 Å². The number of rotatable bonds is 1. The average Bonchev–Trinajstić information content (AvgIpc) is 2.58. The number of aromatic amines is 1. The summed E-state index contributed by atoms with van der Waals surface area (Å²) in [6.45, 7) is 0.